The molecule has 9 heteroatoms. The van der Waals surface area contributed by atoms with Gasteiger partial charge in [-0.3, -0.25) is 0 Å². The maximum absolute atomic E-state index is 13.7. The van der Waals surface area contributed by atoms with Crippen molar-refractivity contribution in [2.24, 2.45) is 0 Å². The molecule has 0 fully saturated rings. The number of aryl methyl sites for hydroxylation is 1. The average molecular weight is 507 g/mol. The Labute approximate surface area is 209 Å². The fraction of sp³-hybridized carbons (Fsp3) is 0.222. The fourth-order valence-corrected chi connectivity index (χ4v) is 5.21. The van der Waals surface area contributed by atoms with E-state index in [-0.39, 0.29) is 21.7 Å². The molecule has 1 aromatic heterocycles. The molecular formula is C27H26N2O6S. The van der Waals surface area contributed by atoms with Crippen molar-refractivity contribution in [2.45, 2.75) is 23.3 Å². The zero-order valence-corrected chi connectivity index (χ0v) is 20.8. The number of ether oxygens (including phenoxy) is 3. The molecule has 186 valence electrons. The summed E-state index contributed by atoms with van der Waals surface area (Å²) in [6.07, 6.45) is 0.647. The smallest absolute Gasteiger partial charge is 0.233 e. The van der Waals surface area contributed by atoms with Gasteiger partial charge in [-0.05, 0) is 55.3 Å². The first-order valence-corrected chi connectivity index (χ1v) is 13.0. The molecule has 0 bridgehead atoms. The number of oxazole rings is 1. The largest absolute Gasteiger partial charge is 0.497 e. The first kappa shape index (κ1) is 23.7. The third-order valence-electron chi connectivity index (χ3n) is 5.80. The monoisotopic (exact) mass is 506 g/mol. The molecule has 0 atom stereocenters. The van der Waals surface area contributed by atoms with Crippen LogP contribution in [0.5, 0.6) is 17.2 Å². The quantitative estimate of drug-likeness (QED) is 0.360. The molecule has 2 heterocycles. The summed E-state index contributed by atoms with van der Waals surface area (Å²) in [5.74, 6) is 1.99. The number of nitrogens with zero attached hydrogens (tertiary/aromatic N) is 1. The molecule has 3 aromatic carbocycles. The highest BCUT2D eigenvalue weighted by Gasteiger charge is 2.30. The van der Waals surface area contributed by atoms with Crippen LogP contribution in [0.1, 0.15) is 11.1 Å². The molecule has 1 N–H and O–H groups in total. The van der Waals surface area contributed by atoms with Gasteiger partial charge in [-0.15, -0.1) is 0 Å². The van der Waals surface area contributed by atoms with Crippen LogP contribution >= 0.6 is 0 Å². The van der Waals surface area contributed by atoms with E-state index < -0.39 is 9.84 Å². The van der Waals surface area contributed by atoms with Gasteiger partial charge < -0.3 is 23.9 Å². The van der Waals surface area contributed by atoms with E-state index in [9.17, 15) is 8.42 Å². The summed E-state index contributed by atoms with van der Waals surface area (Å²) in [7, 11) is -2.40. The lowest BCUT2D eigenvalue weighted by atomic mass is 10.1. The number of anilines is 1. The van der Waals surface area contributed by atoms with E-state index in [1.165, 1.54) is 12.1 Å². The Morgan fingerprint density at radius 1 is 0.972 bits per heavy atom. The van der Waals surface area contributed by atoms with E-state index in [2.05, 4.69) is 10.3 Å². The third kappa shape index (κ3) is 4.87. The lowest BCUT2D eigenvalue weighted by Gasteiger charge is -2.18. The lowest BCUT2D eigenvalue weighted by molar-refractivity contribution is 0.171. The molecule has 5 rings (SSSR count). The highest BCUT2D eigenvalue weighted by atomic mass is 32.2. The standard InChI is InChI=1S/C27H26N2O6S/c1-18-4-3-5-20(16-18)25-29-27(26(35-25)28-13-12-19-6-8-21(32-2)9-7-19)36(30,31)22-10-11-23-24(17-22)34-15-14-33-23/h3-11,16-17,28H,12-15H2,1-2H3. The van der Waals surface area contributed by atoms with Gasteiger partial charge in [0.15, 0.2) is 11.5 Å². The van der Waals surface area contributed by atoms with E-state index in [0.717, 1.165) is 16.9 Å². The topological polar surface area (TPSA) is 99.9 Å². The molecule has 0 saturated carbocycles. The van der Waals surface area contributed by atoms with Gasteiger partial charge in [-0.2, -0.15) is 4.98 Å². The summed E-state index contributed by atoms with van der Waals surface area (Å²) >= 11 is 0. The summed E-state index contributed by atoms with van der Waals surface area (Å²) in [5, 5.41) is 2.96. The van der Waals surface area contributed by atoms with Crippen LogP contribution in [0.25, 0.3) is 11.5 Å². The van der Waals surface area contributed by atoms with E-state index >= 15 is 0 Å². The second kappa shape index (κ2) is 9.94. The van der Waals surface area contributed by atoms with Crippen LogP contribution < -0.4 is 19.5 Å². The summed E-state index contributed by atoms with van der Waals surface area (Å²) in [6.45, 7) is 3.17. The van der Waals surface area contributed by atoms with Crippen molar-refractivity contribution in [3.05, 3.63) is 77.9 Å². The Morgan fingerprint density at radius 3 is 2.50 bits per heavy atom. The predicted octanol–water partition coefficient (Wildman–Crippen LogP) is 4.92. The molecule has 0 aliphatic carbocycles. The van der Waals surface area contributed by atoms with Crippen molar-refractivity contribution in [1.82, 2.24) is 4.98 Å². The number of rotatable bonds is 8. The molecule has 36 heavy (non-hydrogen) atoms. The first-order chi connectivity index (χ1) is 17.4. The molecule has 0 spiro atoms. The van der Waals surface area contributed by atoms with Crippen LogP contribution in [-0.2, 0) is 16.3 Å². The SMILES string of the molecule is COc1ccc(CCNc2oc(-c3cccc(C)c3)nc2S(=O)(=O)c2ccc3c(c2)OCCO3)cc1. The Kier molecular flexibility index (Phi) is 6.56. The number of hydrogen-bond acceptors (Lipinski definition) is 8. The first-order valence-electron chi connectivity index (χ1n) is 11.5. The van der Waals surface area contributed by atoms with Gasteiger partial charge in [-0.1, -0.05) is 29.8 Å². The molecule has 8 nitrogen and oxygen atoms in total. The maximum atomic E-state index is 13.7. The van der Waals surface area contributed by atoms with Crippen molar-refractivity contribution in [2.75, 3.05) is 32.2 Å². The van der Waals surface area contributed by atoms with Crippen molar-refractivity contribution >= 4 is 15.7 Å². The van der Waals surface area contributed by atoms with E-state index in [1.807, 2.05) is 55.5 Å². The Hall–Kier alpha value is -3.98. The summed E-state index contributed by atoms with van der Waals surface area (Å²) < 4.78 is 49.7. The van der Waals surface area contributed by atoms with Gasteiger partial charge >= 0.3 is 0 Å². The number of hydrogen-bond donors (Lipinski definition) is 1. The van der Waals surface area contributed by atoms with Crippen LogP contribution in [0, 0.1) is 6.92 Å². The van der Waals surface area contributed by atoms with Gasteiger partial charge in [0.25, 0.3) is 0 Å². The number of benzene rings is 3. The van der Waals surface area contributed by atoms with Crippen molar-refractivity contribution in [3.63, 3.8) is 0 Å². The molecule has 4 aromatic rings. The minimum atomic E-state index is -4.02. The number of methoxy groups -OCH3 is 1. The number of aromatic nitrogens is 1. The fourth-order valence-electron chi connectivity index (χ4n) is 3.92. The predicted molar refractivity (Wildman–Crippen MR) is 135 cm³/mol. The lowest BCUT2D eigenvalue weighted by Crippen LogP contribution is -2.16. The van der Waals surface area contributed by atoms with Crippen LogP contribution in [0.3, 0.4) is 0 Å². The van der Waals surface area contributed by atoms with Gasteiger partial charge in [0.1, 0.15) is 19.0 Å². The number of nitrogens with one attached hydrogen (secondary N) is 1. The van der Waals surface area contributed by atoms with Gasteiger partial charge in [0.05, 0.1) is 12.0 Å². The third-order valence-corrected chi connectivity index (χ3v) is 7.46. The van der Waals surface area contributed by atoms with Crippen molar-refractivity contribution < 1.29 is 27.0 Å². The van der Waals surface area contributed by atoms with Crippen LogP contribution in [0.15, 0.2) is 81.1 Å². The van der Waals surface area contributed by atoms with Crippen molar-refractivity contribution in [1.29, 1.82) is 0 Å². The van der Waals surface area contributed by atoms with Crippen LogP contribution in [-0.4, -0.2) is 40.3 Å². The Balaban J connectivity index is 1.47. The second-order valence-electron chi connectivity index (χ2n) is 8.36. The molecule has 0 saturated heterocycles. The zero-order chi connectivity index (χ0) is 25.1. The van der Waals surface area contributed by atoms with Crippen molar-refractivity contribution in [3.8, 4) is 28.7 Å². The average Bonchev–Trinajstić information content (AvgIpc) is 3.34. The highest BCUT2D eigenvalue weighted by molar-refractivity contribution is 7.91. The Bertz CT molecular complexity index is 1480. The van der Waals surface area contributed by atoms with E-state index in [1.54, 1.807) is 13.2 Å². The summed E-state index contributed by atoms with van der Waals surface area (Å²) in [6, 6.07) is 19.8. The molecule has 1 aliphatic rings. The molecule has 1 aliphatic heterocycles. The molecule has 0 unspecified atom stereocenters. The van der Waals surface area contributed by atoms with E-state index in [4.69, 9.17) is 18.6 Å². The van der Waals surface area contributed by atoms with Gasteiger partial charge in [-0.25, -0.2) is 8.42 Å². The van der Waals surface area contributed by atoms with E-state index in [0.29, 0.717) is 43.2 Å². The minimum absolute atomic E-state index is 0.0500. The molecule has 0 amide bonds. The van der Waals surface area contributed by atoms with Gasteiger partial charge in [0, 0.05) is 18.2 Å². The number of fused-ring (bicyclic) bond motifs is 1. The summed E-state index contributed by atoms with van der Waals surface area (Å²) in [4.78, 5) is 4.47. The van der Waals surface area contributed by atoms with Crippen LogP contribution in [0.4, 0.5) is 5.88 Å². The number of sulfone groups is 1. The summed E-state index contributed by atoms with van der Waals surface area (Å²) in [5.41, 5.74) is 2.77. The molecule has 0 radical (unpaired) electrons. The van der Waals surface area contributed by atoms with Crippen LogP contribution in [0.2, 0.25) is 0 Å². The van der Waals surface area contributed by atoms with Gasteiger partial charge in [0.2, 0.25) is 26.6 Å². The Morgan fingerprint density at radius 2 is 1.75 bits per heavy atom. The molecular weight excluding hydrogens is 480 g/mol. The zero-order valence-electron chi connectivity index (χ0n) is 20.0. The maximum Gasteiger partial charge on any atom is 0.233 e. The minimum Gasteiger partial charge on any atom is -0.497 e. The normalized spacial score (nSPS) is 12.8. The second-order valence-corrected chi connectivity index (χ2v) is 10.2. The highest BCUT2D eigenvalue weighted by Crippen LogP contribution is 2.37.